The van der Waals surface area contributed by atoms with E-state index in [0.717, 1.165) is 75.9 Å². The lowest BCUT2D eigenvalue weighted by Crippen LogP contribution is -3.16. The predicted molar refractivity (Wildman–Crippen MR) is 104 cm³/mol. The number of hydrogen-bond donors (Lipinski definition) is 2. The van der Waals surface area contributed by atoms with Gasteiger partial charge >= 0.3 is 0 Å². The lowest BCUT2D eigenvalue weighted by Gasteiger charge is -2.50. The predicted octanol–water partition coefficient (Wildman–Crippen LogP) is 1.57. The van der Waals surface area contributed by atoms with Gasteiger partial charge in [-0.15, -0.1) is 0 Å². The Bertz CT molecular complexity index is 673. The molecule has 2 N–H and O–H groups in total. The Labute approximate surface area is 162 Å². The van der Waals surface area contributed by atoms with Crippen LogP contribution in [0.15, 0.2) is 24.3 Å². The summed E-state index contributed by atoms with van der Waals surface area (Å²) in [7, 11) is 1.71. The van der Waals surface area contributed by atoms with Crippen LogP contribution in [0.25, 0.3) is 0 Å². The highest BCUT2D eigenvalue weighted by atomic mass is 16.5. The Morgan fingerprint density at radius 3 is 2.78 bits per heavy atom. The fraction of sp³-hybridized carbons (Fsp3) is 0.682. The standard InChI is InChI=1S/C22H32N2O3/c1-27-19-10-3-2-8-17(19)21-18-9-4-5-11-22(18,26)12-15-24(21)16-20(25)23-13-6-7-14-23/h2-3,8,10,18,21,26H,4-7,9,11-16H2,1H3/p+1/t18-,21+,22+/m0/s1. The molecular formula is C22H33N2O3+. The number of hydrogen-bond acceptors (Lipinski definition) is 3. The number of ether oxygens (including phenoxy) is 1. The lowest BCUT2D eigenvalue weighted by atomic mass is 9.66. The summed E-state index contributed by atoms with van der Waals surface area (Å²) in [4.78, 5) is 16.2. The van der Waals surface area contributed by atoms with Crippen molar-refractivity contribution >= 4 is 5.91 Å². The summed E-state index contributed by atoms with van der Waals surface area (Å²) in [5.41, 5.74) is 0.554. The molecule has 1 aromatic rings. The minimum absolute atomic E-state index is 0.117. The first-order valence-corrected chi connectivity index (χ1v) is 10.6. The van der Waals surface area contributed by atoms with Crippen LogP contribution in [0, 0.1) is 5.92 Å². The third-order valence-corrected chi connectivity index (χ3v) is 7.10. The molecule has 1 unspecified atom stereocenters. The molecule has 1 amide bonds. The van der Waals surface area contributed by atoms with Gasteiger partial charge in [-0.2, -0.15) is 0 Å². The molecule has 5 heteroatoms. The minimum atomic E-state index is -0.593. The van der Waals surface area contributed by atoms with E-state index >= 15 is 0 Å². The van der Waals surface area contributed by atoms with Gasteiger partial charge in [-0.1, -0.05) is 25.0 Å². The number of amides is 1. The third kappa shape index (κ3) is 3.59. The van der Waals surface area contributed by atoms with E-state index in [2.05, 4.69) is 6.07 Å². The number of aliphatic hydroxyl groups is 1. The van der Waals surface area contributed by atoms with Gasteiger partial charge in [0, 0.05) is 25.4 Å². The van der Waals surface area contributed by atoms with Crippen LogP contribution in [-0.2, 0) is 4.79 Å². The maximum Gasteiger partial charge on any atom is 0.277 e. The van der Waals surface area contributed by atoms with E-state index in [4.69, 9.17) is 4.74 Å². The Balaban J connectivity index is 1.65. The highest BCUT2D eigenvalue weighted by Gasteiger charge is 2.52. The largest absolute Gasteiger partial charge is 0.496 e. The quantitative estimate of drug-likeness (QED) is 0.842. The molecule has 0 spiro atoms. The first-order chi connectivity index (χ1) is 13.1. The zero-order chi connectivity index (χ0) is 18.9. The van der Waals surface area contributed by atoms with Gasteiger partial charge in [0.05, 0.1) is 24.8 Å². The van der Waals surface area contributed by atoms with E-state index in [1.807, 2.05) is 23.1 Å². The zero-order valence-electron chi connectivity index (χ0n) is 16.5. The van der Waals surface area contributed by atoms with E-state index < -0.39 is 5.60 Å². The monoisotopic (exact) mass is 373 g/mol. The minimum Gasteiger partial charge on any atom is -0.496 e. The SMILES string of the molecule is COc1ccccc1[C@@H]1[C@@H]2CCCC[C@@]2(O)CC[NH+]1CC(=O)N1CCCC1. The molecule has 0 aromatic heterocycles. The fourth-order valence-corrected chi connectivity index (χ4v) is 5.68. The average molecular weight is 374 g/mol. The molecule has 2 saturated heterocycles. The van der Waals surface area contributed by atoms with Gasteiger partial charge in [-0.05, 0) is 37.8 Å². The van der Waals surface area contributed by atoms with Crippen molar-refractivity contribution in [2.45, 2.75) is 56.6 Å². The van der Waals surface area contributed by atoms with E-state index in [-0.39, 0.29) is 17.9 Å². The maximum atomic E-state index is 12.9. The smallest absolute Gasteiger partial charge is 0.277 e. The molecule has 1 saturated carbocycles. The highest BCUT2D eigenvalue weighted by molar-refractivity contribution is 5.77. The van der Waals surface area contributed by atoms with Gasteiger partial charge in [0.1, 0.15) is 11.8 Å². The molecule has 27 heavy (non-hydrogen) atoms. The summed E-state index contributed by atoms with van der Waals surface area (Å²) in [5.74, 6) is 1.34. The van der Waals surface area contributed by atoms with Crippen molar-refractivity contribution in [3.05, 3.63) is 29.8 Å². The van der Waals surface area contributed by atoms with Crippen LogP contribution in [0.4, 0.5) is 0 Å². The van der Waals surface area contributed by atoms with Crippen molar-refractivity contribution in [1.82, 2.24) is 4.90 Å². The third-order valence-electron chi connectivity index (χ3n) is 7.10. The van der Waals surface area contributed by atoms with Crippen molar-refractivity contribution in [3.8, 4) is 5.75 Å². The molecule has 2 aliphatic heterocycles. The maximum absolute atomic E-state index is 12.9. The molecule has 4 rings (SSSR count). The van der Waals surface area contributed by atoms with E-state index in [9.17, 15) is 9.90 Å². The first kappa shape index (κ1) is 18.8. The average Bonchev–Trinajstić information content (AvgIpc) is 3.23. The van der Waals surface area contributed by atoms with Gasteiger partial charge in [0.15, 0.2) is 6.54 Å². The van der Waals surface area contributed by atoms with E-state index in [1.165, 1.54) is 4.90 Å². The van der Waals surface area contributed by atoms with Crippen LogP contribution in [0.2, 0.25) is 0 Å². The first-order valence-electron chi connectivity index (χ1n) is 10.6. The molecule has 1 aliphatic carbocycles. The number of fused-ring (bicyclic) bond motifs is 1. The number of likely N-dealkylation sites (tertiary alicyclic amines) is 2. The zero-order valence-corrected chi connectivity index (χ0v) is 16.5. The number of para-hydroxylation sites is 1. The number of methoxy groups -OCH3 is 1. The van der Waals surface area contributed by atoms with Crippen LogP contribution in [0.1, 0.15) is 56.6 Å². The molecule has 148 valence electrons. The number of nitrogens with zero attached hydrogens (tertiary/aromatic N) is 1. The second-order valence-electron chi connectivity index (χ2n) is 8.60. The van der Waals surface area contributed by atoms with Crippen LogP contribution in [-0.4, -0.2) is 54.8 Å². The van der Waals surface area contributed by atoms with Crippen LogP contribution in [0.5, 0.6) is 5.75 Å². The van der Waals surface area contributed by atoms with Crippen molar-refractivity contribution in [3.63, 3.8) is 0 Å². The van der Waals surface area contributed by atoms with Crippen LogP contribution >= 0.6 is 0 Å². The number of quaternary nitrogens is 1. The molecule has 1 aromatic carbocycles. The topological polar surface area (TPSA) is 54.2 Å². The number of carbonyl (C=O) groups is 1. The number of benzene rings is 1. The molecule has 0 radical (unpaired) electrons. The Hall–Kier alpha value is -1.59. The summed E-state index contributed by atoms with van der Waals surface area (Å²) in [6.07, 6.45) is 7.22. The summed E-state index contributed by atoms with van der Waals surface area (Å²) >= 11 is 0. The number of rotatable bonds is 4. The fourth-order valence-electron chi connectivity index (χ4n) is 5.68. The number of nitrogens with one attached hydrogen (secondary N) is 1. The van der Waals surface area contributed by atoms with Gasteiger partial charge in [0.2, 0.25) is 0 Å². The number of piperidine rings is 1. The van der Waals surface area contributed by atoms with E-state index in [0.29, 0.717) is 6.54 Å². The Morgan fingerprint density at radius 2 is 2.00 bits per heavy atom. The molecule has 0 bridgehead atoms. The lowest BCUT2D eigenvalue weighted by molar-refractivity contribution is -0.938. The van der Waals surface area contributed by atoms with Crippen molar-refractivity contribution in [1.29, 1.82) is 0 Å². The van der Waals surface area contributed by atoms with Gasteiger partial charge in [-0.3, -0.25) is 4.79 Å². The highest BCUT2D eigenvalue weighted by Crippen LogP contribution is 2.45. The second-order valence-corrected chi connectivity index (χ2v) is 8.60. The van der Waals surface area contributed by atoms with Gasteiger partial charge < -0.3 is 19.6 Å². The van der Waals surface area contributed by atoms with Crippen molar-refractivity contribution < 1.29 is 19.5 Å². The Kier molecular flexibility index (Phi) is 5.42. The molecule has 3 aliphatic rings. The summed E-state index contributed by atoms with van der Waals surface area (Å²) in [6.45, 7) is 3.17. The van der Waals surface area contributed by atoms with E-state index in [1.54, 1.807) is 7.11 Å². The molecule has 2 heterocycles. The molecule has 3 fully saturated rings. The summed E-state index contributed by atoms with van der Waals surface area (Å²) in [6, 6.07) is 8.30. The molecular weight excluding hydrogens is 340 g/mol. The second kappa shape index (κ2) is 7.80. The summed E-state index contributed by atoms with van der Waals surface area (Å²) in [5, 5.41) is 11.4. The van der Waals surface area contributed by atoms with Gasteiger partial charge in [0.25, 0.3) is 5.91 Å². The normalized spacial score (nSPS) is 33.6. The van der Waals surface area contributed by atoms with Gasteiger partial charge in [-0.25, -0.2) is 0 Å². The molecule has 5 nitrogen and oxygen atoms in total. The van der Waals surface area contributed by atoms with Crippen LogP contribution < -0.4 is 9.64 Å². The van der Waals surface area contributed by atoms with Crippen molar-refractivity contribution in [2.75, 3.05) is 33.3 Å². The Morgan fingerprint density at radius 1 is 1.22 bits per heavy atom. The summed E-state index contributed by atoms with van der Waals surface area (Å²) < 4.78 is 5.67. The number of carbonyl (C=O) groups excluding carboxylic acids is 1. The molecule has 4 atom stereocenters. The van der Waals surface area contributed by atoms with Crippen molar-refractivity contribution in [2.24, 2.45) is 5.92 Å². The van der Waals surface area contributed by atoms with Crippen LogP contribution in [0.3, 0.4) is 0 Å².